The molecule has 98 valence electrons. The molecular formula is C13H11NO5. The van der Waals surface area contributed by atoms with Crippen LogP contribution in [0.15, 0.2) is 39.6 Å². The van der Waals surface area contributed by atoms with Crippen molar-refractivity contribution in [1.29, 1.82) is 0 Å². The molecule has 1 aromatic carbocycles. The summed E-state index contributed by atoms with van der Waals surface area (Å²) >= 11 is 0. The van der Waals surface area contributed by atoms with E-state index in [0.717, 1.165) is 6.08 Å². The summed E-state index contributed by atoms with van der Waals surface area (Å²) in [5.41, 5.74) is 1.49. The van der Waals surface area contributed by atoms with Crippen LogP contribution in [0.1, 0.15) is 5.56 Å². The first kappa shape index (κ1) is 12.8. The number of nitrogens with one attached hydrogen (secondary N) is 1. The lowest BCUT2D eigenvalue weighted by Gasteiger charge is -2.02. The Kier molecular flexibility index (Phi) is 3.63. The predicted molar refractivity (Wildman–Crippen MR) is 68.0 cm³/mol. The van der Waals surface area contributed by atoms with Crippen LogP contribution in [0.5, 0.6) is 5.75 Å². The van der Waals surface area contributed by atoms with Gasteiger partial charge < -0.3 is 9.15 Å². The number of rotatable bonds is 3. The number of amides is 1. The van der Waals surface area contributed by atoms with E-state index in [0.29, 0.717) is 16.7 Å². The van der Waals surface area contributed by atoms with E-state index < -0.39 is 11.5 Å². The van der Waals surface area contributed by atoms with E-state index in [2.05, 4.69) is 0 Å². The number of methoxy groups -OCH3 is 1. The summed E-state index contributed by atoms with van der Waals surface area (Å²) < 4.78 is 10.2. The van der Waals surface area contributed by atoms with Crippen molar-refractivity contribution in [2.75, 3.05) is 7.11 Å². The SMILES string of the molecule is COc1ccc2oc(=O)c(/C=C/C(=O)NO)cc2c1. The molecule has 0 saturated carbocycles. The quantitative estimate of drug-likeness (QED) is 0.376. The lowest BCUT2D eigenvalue weighted by atomic mass is 10.1. The second kappa shape index (κ2) is 5.36. The van der Waals surface area contributed by atoms with Crippen LogP contribution >= 0.6 is 0 Å². The van der Waals surface area contributed by atoms with Crippen LogP contribution in [0.2, 0.25) is 0 Å². The number of hydrogen-bond donors (Lipinski definition) is 2. The van der Waals surface area contributed by atoms with Gasteiger partial charge in [0.1, 0.15) is 11.3 Å². The Bertz CT molecular complexity index is 702. The van der Waals surface area contributed by atoms with Crippen molar-refractivity contribution >= 4 is 23.0 Å². The van der Waals surface area contributed by atoms with Gasteiger partial charge in [0.2, 0.25) is 0 Å². The summed E-state index contributed by atoms with van der Waals surface area (Å²) in [6.45, 7) is 0. The maximum Gasteiger partial charge on any atom is 0.343 e. The minimum absolute atomic E-state index is 0.198. The molecule has 0 unspecified atom stereocenters. The van der Waals surface area contributed by atoms with Crippen LogP contribution < -0.4 is 15.8 Å². The van der Waals surface area contributed by atoms with Gasteiger partial charge >= 0.3 is 5.63 Å². The first-order valence-corrected chi connectivity index (χ1v) is 5.38. The number of ether oxygens (including phenoxy) is 1. The third-order valence-electron chi connectivity index (χ3n) is 2.49. The van der Waals surface area contributed by atoms with E-state index in [1.807, 2.05) is 0 Å². The maximum atomic E-state index is 11.6. The average molecular weight is 261 g/mol. The summed E-state index contributed by atoms with van der Waals surface area (Å²) in [5, 5.41) is 9.02. The van der Waals surface area contributed by atoms with Crippen molar-refractivity contribution < 1.29 is 19.2 Å². The molecule has 0 aliphatic rings. The zero-order chi connectivity index (χ0) is 13.8. The van der Waals surface area contributed by atoms with Gasteiger partial charge in [-0.05, 0) is 30.3 Å². The molecule has 2 rings (SSSR count). The maximum absolute atomic E-state index is 11.6. The monoisotopic (exact) mass is 261 g/mol. The van der Waals surface area contributed by atoms with E-state index in [1.165, 1.54) is 18.7 Å². The molecule has 6 heteroatoms. The average Bonchev–Trinajstić information content (AvgIpc) is 2.44. The third kappa shape index (κ3) is 2.80. The normalized spacial score (nSPS) is 10.8. The Hall–Kier alpha value is -2.60. The standard InChI is InChI=1S/C13H11NO5/c1-18-10-3-4-11-9(7-10)6-8(13(16)19-11)2-5-12(15)14-17/h2-7,17H,1H3,(H,14,15)/b5-2+. The molecule has 0 atom stereocenters. The molecule has 1 amide bonds. The molecule has 0 saturated heterocycles. The summed E-state index contributed by atoms with van der Waals surface area (Å²) in [4.78, 5) is 22.5. The van der Waals surface area contributed by atoms with Gasteiger partial charge in [-0.3, -0.25) is 10.0 Å². The Morgan fingerprint density at radius 1 is 1.42 bits per heavy atom. The van der Waals surface area contributed by atoms with E-state index in [-0.39, 0.29) is 5.56 Å². The third-order valence-corrected chi connectivity index (χ3v) is 2.49. The Morgan fingerprint density at radius 3 is 2.89 bits per heavy atom. The first-order valence-electron chi connectivity index (χ1n) is 5.38. The van der Waals surface area contributed by atoms with E-state index in [1.54, 1.807) is 24.3 Å². The number of hydroxylamine groups is 1. The van der Waals surface area contributed by atoms with E-state index in [4.69, 9.17) is 14.4 Å². The lowest BCUT2D eigenvalue weighted by molar-refractivity contribution is -0.124. The smallest absolute Gasteiger partial charge is 0.343 e. The molecule has 6 nitrogen and oxygen atoms in total. The van der Waals surface area contributed by atoms with E-state index in [9.17, 15) is 9.59 Å². The second-order valence-electron chi connectivity index (χ2n) is 3.70. The van der Waals surface area contributed by atoms with Gasteiger partial charge in [0, 0.05) is 11.5 Å². The van der Waals surface area contributed by atoms with Crippen LogP contribution in [0.3, 0.4) is 0 Å². The minimum atomic E-state index is -0.731. The molecule has 1 heterocycles. The van der Waals surface area contributed by atoms with Crippen LogP contribution in [-0.4, -0.2) is 18.2 Å². The van der Waals surface area contributed by atoms with Crippen molar-refractivity contribution in [2.45, 2.75) is 0 Å². The van der Waals surface area contributed by atoms with Crippen molar-refractivity contribution in [1.82, 2.24) is 5.48 Å². The highest BCUT2D eigenvalue weighted by molar-refractivity contribution is 5.91. The first-order chi connectivity index (χ1) is 9.13. The lowest BCUT2D eigenvalue weighted by Crippen LogP contribution is -2.15. The zero-order valence-electron chi connectivity index (χ0n) is 10.0. The highest BCUT2D eigenvalue weighted by Crippen LogP contribution is 2.20. The number of benzene rings is 1. The largest absolute Gasteiger partial charge is 0.497 e. The number of fused-ring (bicyclic) bond motifs is 1. The van der Waals surface area contributed by atoms with E-state index >= 15 is 0 Å². The summed E-state index contributed by atoms with van der Waals surface area (Å²) in [6, 6.07) is 6.59. The summed E-state index contributed by atoms with van der Waals surface area (Å²) in [7, 11) is 1.53. The fraction of sp³-hybridized carbons (Fsp3) is 0.0769. The van der Waals surface area contributed by atoms with Gasteiger partial charge in [-0.2, -0.15) is 0 Å². The Balaban J connectivity index is 2.50. The molecule has 2 aromatic rings. The highest BCUT2D eigenvalue weighted by atomic mass is 16.5. The van der Waals surface area contributed by atoms with Crippen molar-refractivity contribution in [3.63, 3.8) is 0 Å². The van der Waals surface area contributed by atoms with Crippen LogP contribution in [0.4, 0.5) is 0 Å². The molecular weight excluding hydrogens is 250 g/mol. The predicted octanol–water partition coefficient (Wildman–Crippen LogP) is 1.32. The molecule has 0 bridgehead atoms. The zero-order valence-corrected chi connectivity index (χ0v) is 10.0. The summed E-state index contributed by atoms with van der Waals surface area (Å²) in [6.07, 6.45) is 2.29. The van der Waals surface area contributed by atoms with Crippen LogP contribution in [0.25, 0.3) is 17.0 Å². The molecule has 2 N–H and O–H groups in total. The van der Waals surface area contributed by atoms with Gasteiger partial charge in [-0.1, -0.05) is 0 Å². The van der Waals surface area contributed by atoms with Gasteiger partial charge in [-0.25, -0.2) is 10.3 Å². The molecule has 0 aliphatic carbocycles. The fourth-order valence-corrected chi connectivity index (χ4v) is 1.56. The minimum Gasteiger partial charge on any atom is -0.497 e. The molecule has 0 aliphatic heterocycles. The Morgan fingerprint density at radius 2 is 2.21 bits per heavy atom. The van der Waals surface area contributed by atoms with Crippen LogP contribution in [0, 0.1) is 0 Å². The highest BCUT2D eigenvalue weighted by Gasteiger charge is 2.04. The molecule has 0 fully saturated rings. The van der Waals surface area contributed by atoms with Gasteiger partial charge in [-0.15, -0.1) is 0 Å². The topological polar surface area (TPSA) is 88.8 Å². The van der Waals surface area contributed by atoms with Gasteiger partial charge in [0.15, 0.2) is 0 Å². The molecule has 1 aromatic heterocycles. The van der Waals surface area contributed by atoms with Crippen molar-refractivity contribution in [3.05, 3.63) is 46.3 Å². The number of carbonyl (C=O) groups excluding carboxylic acids is 1. The number of hydrogen-bond acceptors (Lipinski definition) is 5. The van der Waals surface area contributed by atoms with Gasteiger partial charge in [0.25, 0.3) is 5.91 Å². The van der Waals surface area contributed by atoms with Crippen LogP contribution in [-0.2, 0) is 4.79 Å². The molecule has 19 heavy (non-hydrogen) atoms. The van der Waals surface area contributed by atoms with Crippen molar-refractivity contribution in [3.8, 4) is 5.75 Å². The number of carbonyl (C=O) groups is 1. The summed E-state index contributed by atoms with van der Waals surface area (Å²) in [5.74, 6) is -0.102. The molecule has 0 spiro atoms. The Labute approximate surface area is 107 Å². The molecule has 0 radical (unpaired) electrons. The second-order valence-corrected chi connectivity index (χ2v) is 3.70. The van der Waals surface area contributed by atoms with Gasteiger partial charge in [0.05, 0.1) is 12.7 Å². The van der Waals surface area contributed by atoms with Crippen molar-refractivity contribution in [2.24, 2.45) is 0 Å². The fourth-order valence-electron chi connectivity index (χ4n) is 1.56.